The minimum atomic E-state index is 0.712. The van der Waals surface area contributed by atoms with E-state index in [2.05, 4.69) is 15.3 Å². The zero-order valence-electron chi connectivity index (χ0n) is 9.97. The van der Waals surface area contributed by atoms with Gasteiger partial charge in [0.05, 0.1) is 0 Å². The number of nitrogens with one attached hydrogen (secondary N) is 1. The standard InChI is InChI=1S/C10H15N6/c1-14(2)10(15(3)4)16-8-6-5-7-11-9(8)12-13-16/h5-7H,1-4H3/q+1/p+1. The van der Waals surface area contributed by atoms with E-state index in [1.807, 2.05) is 54.5 Å². The summed E-state index contributed by atoms with van der Waals surface area (Å²) in [6.45, 7) is 0. The molecule has 0 fully saturated rings. The molecule has 0 atom stereocenters. The molecule has 0 spiro atoms. The fourth-order valence-electron chi connectivity index (χ4n) is 1.75. The lowest BCUT2D eigenvalue weighted by molar-refractivity contribution is -0.663. The summed E-state index contributed by atoms with van der Waals surface area (Å²) in [6.07, 6.45) is 1.73. The second-order valence-corrected chi connectivity index (χ2v) is 3.98. The molecule has 0 bridgehead atoms. The first kappa shape index (κ1) is 10.5. The molecule has 0 unspecified atom stereocenters. The summed E-state index contributed by atoms with van der Waals surface area (Å²) >= 11 is 0. The third-order valence-corrected chi connectivity index (χ3v) is 2.26. The van der Waals surface area contributed by atoms with Crippen molar-refractivity contribution in [3.8, 4) is 0 Å². The first-order valence-corrected chi connectivity index (χ1v) is 5.04. The summed E-state index contributed by atoms with van der Waals surface area (Å²) in [4.78, 5) is 6.21. The van der Waals surface area contributed by atoms with E-state index in [1.54, 1.807) is 6.20 Å². The van der Waals surface area contributed by atoms with Crippen LogP contribution in [-0.2, 0) is 0 Å². The maximum absolute atomic E-state index is 4.19. The van der Waals surface area contributed by atoms with Crippen molar-refractivity contribution in [2.45, 2.75) is 0 Å². The van der Waals surface area contributed by atoms with Crippen LogP contribution < -0.4 is 4.68 Å². The van der Waals surface area contributed by atoms with Crippen molar-refractivity contribution >= 4 is 17.1 Å². The van der Waals surface area contributed by atoms with Crippen LogP contribution in [0.4, 0.5) is 0 Å². The Morgan fingerprint density at radius 3 is 2.81 bits per heavy atom. The Bertz CT molecular complexity index is 535. The summed E-state index contributed by atoms with van der Waals surface area (Å²) in [7, 11) is 7.97. The van der Waals surface area contributed by atoms with Crippen molar-refractivity contribution in [1.29, 1.82) is 0 Å². The molecule has 0 aliphatic carbocycles. The second kappa shape index (κ2) is 3.88. The molecule has 16 heavy (non-hydrogen) atoms. The molecule has 2 heterocycles. The predicted molar refractivity (Wildman–Crippen MR) is 60.3 cm³/mol. The first-order chi connectivity index (χ1) is 7.61. The Balaban J connectivity index is 2.67. The van der Waals surface area contributed by atoms with Gasteiger partial charge in [0.2, 0.25) is 11.2 Å². The van der Waals surface area contributed by atoms with E-state index in [-0.39, 0.29) is 0 Å². The highest BCUT2D eigenvalue weighted by Gasteiger charge is 2.28. The van der Waals surface area contributed by atoms with Crippen LogP contribution in [0, 0.1) is 0 Å². The minimum Gasteiger partial charge on any atom is -0.231 e. The molecule has 0 aliphatic heterocycles. The normalized spacial score (nSPS) is 10.5. The van der Waals surface area contributed by atoms with Crippen molar-refractivity contribution in [3.05, 3.63) is 18.3 Å². The summed E-state index contributed by atoms with van der Waals surface area (Å²) in [6, 6.07) is 3.89. The van der Waals surface area contributed by atoms with E-state index < -0.39 is 0 Å². The molecule has 6 nitrogen and oxygen atoms in total. The summed E-state index contributed by atoms with van der Waals surface area (Å²) in [5.41, 5.74) is 1.67. The Labute approximate surface area is 93.8 Å². The van der Waals surface area contributed by atoms with Gasteiger partial charge in [-0.3, -0.25) is 0 Å². The highest BCUT2D eigenvalue weighted by molar-refractivity contribution is 5.73. The van der Waals surface area contributed by atoms with Crippen LogP contribution in [0.15, 0.2) is 18.3 Å². The van der Waals surface area contributed by atoms with Gasteiger partial charge in [-0.15, -0.1) is 10.3 Å². The van der Waals surface area contributed by atoms with Gasteiger partial charge in [0, 0.05) is 12.3 Å². The Hall–Kier alpha value is -1.98. The number of aromatic nitrogens is 4. The Morgan fingerprint density at radius 2 is 2.19 bits per heavy atom. The monoisotopic (exact) mass is 220 g/mol. The van der Waals surface area contributed by atoms with Gasteiger partial charge < -0.3 is 0 Å². The van der Waals surface area contributed by atoms with Gasteiger partial charge in [0.1, 0.15) is 28.2 Å². The first-order valence-electron chi connectivity index (χ1n) is 5.04. The van der Waals surface area contributed by atoms with Crippen LogP contribution in [0.25, 0.3) is 11.2 Å². The number of rotatable bonds is 0. The van der Waals surface area contributed by atoms with Gasteiger partial charge in [0.15, 0.2) is 0 Å². The lowest BCUT2D eigenvalue weighted by Gasteiger charge is -2.01. The average molecular weight is 220 g/mol. The number of aromatic amines is 1. The van der Waals surface area contributed by atoms with Crippen LogP contribution in [-0.4, -0.2) is 58.9 Å². The molecule has 6 heteroatoms. The maximum Gasteiger partial charge on any atom is 0.549 e. The number of nitrogens with zero attached hydrogens (tertiary/aromatic N) is 5. The van der Waals surface area contributed by atoms with E-state index in [0.29, 0.717) is 5.65 Å². The van der Waals surface area contributed by atoms with Gasteiger partial charge in [-0.05, 0) is 10.7 Å². The van der Waals surface area contributed by atoms with Gasteiger partial charge >= 0.3 is 5.96 Å². The van der Waals surface area contributed by atoms with E-state index in [0.717, 1.165) is 11.5 Å². The van der Waals surface area contributed by atoms with Crippen molar-refractivity contribution in [2.75, 3.05) is 28.2 Å². The molecule has 2 rings (SSSR count). The van der Waals surface area contributed by atoms with Gasteiger partial charge in [-0.25, -0.2) is 4.98 Å². The third kappa shape index (κ3) is 1.62. The lowest BCUT2D eigenvalue weighted by Crippen LogP contribution is -2.56. The lowest BCUT2D eigenvalue weighted by atomic mass is 10.4. The molecular weight excluding hydrogens is 204 g/mol. The van der Waals surface area contributed by atoms with Crippen LogP contribution >= 0.6 is 0 Å². The van der Waals surface area contributed by atoms with Crippen molar-refractivity contribution in [1.82, 2.24) is 20.2 Å². The smallest absolute Gasteiger partial charge is 0.231 e. The van der Waals surface area contributed by atoms with Gasteiger partial charge in [-0.2, -0.15) is 9.48 Å². The quantitative estimate of drug-likeness (QED) is 0.362. The predicted octanol–water partition coefficient (Wildman–Crippen LogP) is -0.717. The topological polar surface area (TPSA) is 51.7 Å². The third-order valence-electron chi connectivity index (χ3n) is 2.26. The molecule has 0 saturated carbocycles. The maximum atomic E-state index is 4.19. The van der Waals surface area contributed by atoms with Crippen LogP contribution in [0.5, 0.6) is 0 Å². The molecule has 0 amide bonds. The fourth-order valence-corrected chi connectivity index (χ4v) is 1.75. The average Bonchev–Trinajstić information content (AvgIpc) is 2.61. The summed E-state index contributed by atoms with van der Waals surface area (Å²) < 4.78 is 3.92. The van der Waals surface area contributed by atoms with E-state index >= 15 is 0 Å². The molecule has 0 aliphatic rings. The molecular formula is C10H16N6+2. The van der Waals surface area contributed by atoms with Crippen molar-refractivity contribution in [3.63, 3.8) is 0 Å². The van der Waals surface area contributed by atoms with E-state index in [1.165, 1.54) is 0 Å². The van der Waals surface area contributed by atoms with Crippen molar-refractivity contribution in [2.24, 2.45) is 0 Å². The summed E-state index contributed by atoms with van der Waals surface area (Å²) in [5.74, 6) is 0.996. The molecule has 84 valence electrons. The Kier molecular flexibility index (Phi) is 2.55. The van der Waals surface area contributed by atoms with Crippen LogP contribution in [0.1, 0.15) is 0 Å². The molecule has 0 aromatic carbocycles. The highest BCUT2D eigenvalue weighted by Crippen LogP contribution is 2.00. The van der Waals surface area contributed by atoms with Crippen LogP contribution in [0.3, 0.4) is 0 Å². The number of hydrogen-bond acceptors (Lipinski definition) is 2. The van der Waals surface area contributed by atoms with E-state index in [4.69, 9.17) is 0 Å². The minimum absolute atomic E-state index is 0.712. The second-order valence-electron chi connectivity index (χ2n) is 3.98. The number of H-pyrrole nitrogens is 1. The number of pyridine rings is 1. The summed E-state index contributed by atoms with van der Waals surface area (Å²) in [5, 5.41) is 7.12. The largest absolute Gasteiger partial charge is 0.549 e. The van der Waals surface area contributed by atoms with Gasteiger partial charge in [-0.1, -0.05) is 0 Å². The zero-order valence-corrected chi connectivity index (χ0v) is 9.97. The number of fused-ring (bicyclic) bond motifs is 1. The fraction of sp³-hybridized carbons (Fsp3) is 0.400. The molecule has 2 aromatic rings. The Morgan fingerprint density at radius 1 is 1.44 bits per heavy atom. The zero-order chi connectivity index (χ0) is 11.7. The van der Waals surface area contributed by atoms with E-state index in [9.17, 15) is 0 Å². The molecule has 1 N–H and O–H groups in total. The SMILES string of the molecule is CN(C)C(=[N+](C)C)[n+]1[nH]nc2ncccc21. The molecule has 2 aromatic heterocycles. The molecule has 0 saturated heterocycles. The van der Waals surface area contributed by atoms with Crippen LogP contribution in [0.2, 0.25) is 0 Å². The van der Waals surface area contributed by atoms with Gasteiger partial charge in [0.25, 0.3) is 0 Å². The highest BCUT2D eigenvalue weighted by atomic mass is 15.5. The number of hydrogen-bond donors (Lipinski definition) is 1. The van der Waals surface area contributed by atoms with Crippen molar-refractivity contribution < 1.29 is 9.26 Å². The molecule has 0 radical (unpaired) electrons.